The van der Waals surface area contributed by atoms with Crippen molar-refractivity contribution in [3.05, 3.63) is 84.4 Å². The molecule has 4 aromatic rings. The van der Waals surface area contributed by atoms with Gasteiger partial charge in [0.2, 0.25) is 11.8 Å². The van der Waals surface area contributed by atoms with Crippen LogP contribution in [0.4, 0.5) is 9.59 Å². The largest absolute Gasteiger partial charge is 0.453 e. The van der Waals surface area contributed by atoms with Gasteiger partial charge in [0.05, 0.1) is 51.1 Å². The van der Waals surface area contributed by atoms with Crippen LogP contribution in [0.1, 0.15) is 65.8 Å². The van der Waals surface area contributed by atoms with Crippen molar-refractivity contribution in [2.75, 3.05) is 40.9 Å². The molecule has 4 rings (SSSR count). The zero-order chi connectivity index (χ0) is 43.1. The van der Waals surface area contributed by atoms with Gasteiger partial charge < -0.3 is 40.2 Å². The van der Waals surface area contributed by atoms with Crippen LogP contribution in [0.15, 0.2) is 78.1 Å². The summed E-state index contributed by atoms with van der Waals surface area (Å²) in [7, 11) is 4.41. The molecule has 0 aliphatic carbocycles. The number of carbonyl (C=O) groups excluding carboxylic acids is 4. The van der Waals surface area contributed by atoms with E-state index < -0.39 is 24.3 Å². The highest BCUT2D eigenvalue weighted by Gasteiger charge is 2.30. The number of nitrogens with zero attached hydrogens (tertiary/aromatic N) is 4. The van der Waals surface area contributed by atoms with E-state index in [2.05, 4.69) is 79.4 Å². The lowest BCUT2D eigenvalue weighted by Gasteiger charge is -2.28. The third-order valence-electron chi connectivity index (χ3n) is 9.96. The van der Waals surface area contributed by atoms with Crippen molar-refractivity contribution in [3.8, 4) is 22.4 Å². The number of rotatable bonds is 19. The van der Waals surface area contributed by atoms with Crippen molar-refractivity contribution in [1.82, 2.24) is 35.7 Å². The molecule has 0 saturated carbocycles. The second-order valence-electron chi connectivity index (χ2n) is 14.9. The Hall–Kier alpha value is -6.18. The Labute approximate surface area is 347 Å². The van der Waals surface area contributed by atoms with Crippen LogP contribution in [0.2, 0.25) is 0 Å². The average Bonchev–Trinajstić information content (AvgIpc) is 3.71. The average molecular weight is 809 g/mol. The Bertz CT molecular complexity index is 2090. The van der Waals surface area contributed by atoms with Gasteiger partial charge in [-0.3, -0.25) is 14.6 Å². The molecule has 4 N–H and O–H groups in total. The Balaban J connectivity index is 1.53. The summed E-state index contributed by atoms with van der Waals surface area (Å²) in [5, 5.41) is 10.8. The summed E-state index contributed by atoms with van der Waals surface area (Å²) in [5.74, 6) is 0.0206. The zero-order valence-electron chi connectivity index (χ0n) is 35.8. The number of H-pyrrole nitrogens is 1. The first-order valence-corrected chi connectivity index (χ1v) is 20.2. The minimum atomic E-state index is -0.719. The second-order valence-corrected chi connectivity index (χ2v) is 14.9. The number of benzene rings is 3. The van der Waals surface area contributed by atoms with E-state index in [0.29, 0.717) is 18.9 Å². The fourth-order valence-corrected chi connectivity index (χ4v) is 6.82. The molecule has 2 unspecified atom stereocenters. The first-order chi connectivity index (χ1) is 28.4. The number of aromatic nitrogens is 2. The standard InChI is InChI=1S/C45H60N8O6/c1-10-23-52(42(54)40(29(3)4)50-44(56)58-8)25-22-47-26-38(46-7)36-21-20-33(34-14-12-13-15-35(34)36)31-16-18-32(19-17-31)37-27-48-39(49-37)28-53(24-11-2)43(55)41(30(5)6)51-45(57)59-9/h12-22,26-27,29-30,40-41,46H,10-11,23-25,28H2,1-9H3,(H,48,49)(H,50,56)(H,51,57)/b38-26-,47-22?. The van der Waals surface area contributed by atoms with Gasteiger partial charge in [-0.25, -0.2) is 14.6 Å². The highest BCUT2D eigenvalue weighted by Crippen LogP contribution is 2.34. The van der Waals surface area contributed by atoms with Gasteiger partial charge >= 0.3 is 12.2 Å². The minimum absolute atomic E-state index is 0.122. The van der Waals surface area contributed by atoms with Gasteiger partial charge in [-0.15, -0.1) is 0 Å². The first kappa shape index (κ1) is 45.5. The first-order valence-electron chi connectivity index (χ1n) is 20.2. The van der Waals surface area contributed by atoms with Gasteiger partial charge in [-0.1, -0.05) is 102 Å². The molecule has 0 aliphatic heterocycles. The summed E-state index contributed by atoms with van der Waals surface area (Å²) in [4.78, 5) is 66.8. The van der Waals surface area contributed by atoms with E-state index in [9.17, 15) is 19.2 Å². The van der Waals surface area contributed by atoms with Crippen LogP contribution < -0.4 is 16.0 Å². The Morgan fingerprint density at radius 1 is 0.780 bits per heavy atom. The number of hydrogen-bond donors (Lipinski definition) is 4. The number of nitrogens with one attached hydrogen (secondary N) is 4. The van der Waals surface area contributed by atoms with Gasteiger partial charge in [-0.2, -0.15) is 0 Å². The van der Waals surface area contributed by atoms with Gasteiger partial charge in [0.15, 0.2) is 0 Å². The molecule has 1 aromatic heterocycles. The third kappa shape index (κ3) is 11.9. The summed E-state index contributed by atoms with van der Waals surface area (Å²) in [6.45, 7) is 13.1. The van der Waals surface area contributed by atoms with Gasteiger partial charge in [0.1, 0.15) is 17.9 Å². The van der Waals surface area contributed by atoms with Crippen molar-refractivity contribution in [3.63, 3.8) is 0 Å². The van der Waals surface area contributed by atoms with Crippen molar-refractivity contribution in [1.29, 1.82) is 0 Å². The smallest absolute Gasteiger partial charge is 0.407 e. The van der Waals surface area contributed by atoms with Crippen LogP contribution in [-0.2, 0) is 25.6 Å². The number of amides is 4. The lowest BCUT2D eigenvalue weighted by molar-refractivity contribution is -0.135. The molecular formula is C45H60N8O6. The molecule has 0 spiro atoms. The minimum Gasteiger partial charge on any atom is -0.453 e. The lowest BCUT2D eigenvalue weighted by atomic mass is 9.93. The highest BCUT2D eigenvalue weighted by atomic mass is 16.5. The van der Waals surface area contributed by atoms with Gasteiger partial charge in [0, 0.05) is 31.9 Å². The molecule has 316 valence electrons. The molecule has 0 aliphatic rings. The van der Waals surface area contributed by atoms with E-state index in [0.717, 1.165) is 57.3 Å². The van der Waals surface area contributed by atoms with E-state index in [1.807, 2.05) is 60.7 Å². The number of imidazole rings is 1. The summed E-state index contributed by atoms with van der Waals surface area (Å²) >= 11 is 0. The number of carbonyl (C=O) groups is 4. The van der Waals surface area contributed by atoms with Crippen molar-refractivity contribution in [2.24, 2.45) is 16.8 Å². The molecule has 0 fully saturated rings. The second kappa shape index (κ2) is 22.1. The zero-order valence-corrected chi connectivity index (χ0v) is 35.8. The van der Waals surface area contributed by atoms with E-state index in [1.54, 1.807) is 28.4 Å². The summed E-state index contributed by atoms with van der Waals surface area (Å²) in [6.07, 6.45) is 5.46. The topological polar surface area (TPSA) is 170 Å². The predicted molar refractivity (Wildman–Crippen MR) is 233 cm³/mol. The number of aromatic amines is 1. The Kier molecular flexibility index (Phi) is 17.1. The molecular weight excluding hydrogens is 749 g/mol. The monoisotopic (exact) mass is 808 g/mol. The fraction of sp³-hybridized carbons (Fsp3) is 0.422. The highest BCUT2D eigenvalue weighted by molar-refractivity contribution is 6.02. The normalized spacial score (nSPS) is 12.7. The summed E-state index contributed by atoms with van der Waals surface area (Å²) in [5.41, 5.74) is 5.69. The van der Waals surface area contributed by atoms with Crippen LogP contribution in [0.25, 0.3) is 38.9 Å². The molecule has 4 amide bonds. The molecule has 0 bridgehead atoms. The maximum atomic E-state index is 13.5. The SMILES string of the molecule is CCCN(CC=N/C=C(\NC)c1ccc(-c2ccc(-c3cnc(CN(CCC)C(=O)C(NC(=O)OC)C(C)C)[nH]3)cc2)c2ccccc12)C(=O)C(NC(=O)OC)C(C)C. The maximum Gasteiger partial charge on any atom is 0.407 e. The number of ether oxygens (including phenoxy) is 2. The number of aliphatic imine (C=N–C) groups is 1. The molecule has 1 heterocycles. The van der Waals surface area contributed by atoms with Gasteiger partial charge in [0.25, 0.3) is 0 Å². The van der Waals surface area contributed by atoms with Crippen LogP contribution >= 0.6 is 0 Å². The van der Waals surface area contributed by atoms with E-state index in [4.69, 9.17) is 9.47 Å². The molecule has 14 nitrogen and oxygen atoms in total. The molecule has 0 radical (unpaired) electrons. The van der Waals surface area contributed by atoms with Crippen LogP contribution in [0.5, 0.6) is 0 Å². The molecule has 14 heteroatoms. The Morgan fingerprint density at radius 2 is 1.34 bits per heavy atom. The molecule has 2 atom stereocenters. The predicted octanol–water partition coefficient (Wildman–Crippen LogP) is 7.22. The molecule has 0 saturated heterocycles. The lowest BCUT2D eigenvalue weighted by Crippen LogP contribution is -2.51. The fourth-order valence-electron chi connectivity index (χ4n) is 6.82. The maximum absolute atomic E-state index is 13.5. The third-order valence-corrected chi connectivity index (χ3v) is 9.96. The Morgan fingerprint density at radius 3 is 1.90 bits per heavy atom. The van der Waals surface area contributed by atoms with Crippen molar-refractivity contribution >= 4 is 46.7 Å². The molecule has 59 heavy (non-hydrogen) atoms. The van der Waals surface area contributed by atoms with E-state index in [1.165, 1.54) is 14.2 Å². The van der Waals surface area contributed by atoms with Crippen molar-refractivity contribution < 1.29 is 28.7 Å². The van der Waals surface area contributed by atoms with Gasteiger partial charge in [-0.05, 0) is 52.1 Å². The van der Waals surface area contributed by atoms with Crippen LogP contribution in [0.3, 0.4) is 0 Å². The van der Waals surface area contributed by atoms with Crippen LogP contribution in [0, 0.1) is 11.8 Å². The number of hydrogen-bond acceptors (Lipinski definition) is 9. The quantitative estimate of drug-likeness (QED) is 0.0720. The van der Waals surface area contributed by atoms with E-state index in [-0.39, 0.29) is 36.7 Å². The summed E-state index contributed by atoms with van der Waals surface area (Å²) in [6, 6.07) is 19.3. The van der Waals surface area contributed by atoms with Crippen LogP contribution in [-0.4, -0.2) is 103 Å². The number of alkyl carbamates (subject to hydrolysis) is 2. The van der Waals surface area contributed by atoms with E-state index >= 15 is 0 Å². The molecule has 3 aromatic carbocycles. The summed E-state index contributed by atoms with van der Waals surface area (Å²) < 4.78 is 9.49. The number of methoxy groups -OCH3 is 2. The van der Waals surface area contributed by atoms with Crippen molar-refractivity contribution in [2.45, 2.75) is 73.0 Å². The number of fused-ring (bicyclic) bond motifs is 1.